The van der Waals surface area contributed by atoms with Crippen molar-refractivity contribution in [2.75, 3.05) is 6.61 Å². The van der Waals surface area contributed by atoms with E-state index in [1.165, 1.54) is 0 Å². The van der Waals surface area contributed by atoms with Gasteiger partial charge in [-0.3, -0.25) is 4.79 Å². The van der Waals surface area contributed by atoms with Gasteiger partial charge in [-0.25, -0.2) is 0 Å². The topological polar surface area (TPSA) is 46.5 Å². The normalized spacial score (nSPS) is 41.0. The Bertz CT molecular complexity index is 227. The molecule has 2 aliphatic carbocycles. The number of ether oxygens (including phenoxy) is 1. The molecular weight excluding hydrogens is 180 g/mol. The third-order valence-electron chi connectivity index (χ3n) is 3.76. The van der Waals surface area contributed by atoms with Crippen LogP contribution < -0.4 is 0 Å². The minimum absolute atomic E-state index is 0.0471. The largest absolute Gasteiger partial charge is 0.466 e. The molecule has 0 amide bonds. The van der Waals surface area contributed by atoms with Crippen LogP contribution in [0.1, 0.15) is 32.6 Å². The van der Waals surface area contributed by atoms with Gasteiger partial charge in [-0.15, -0.1) is 0 Å². The predicted molar refractivity (Wildman–Crippen MR) is 51.6 cm³/mol. The van der Waals surface area contributed by atoms with Gasteiger partial charge in [-0.2, -0.15) is 0 Å². The lowest BCUT2D eigenvalue weighted by Gasteiger charge is -2.17. The van der Waals surface area contributed by atoms with E-state index in [-0.39, 0.29) is 18.0 Å². The van der Waals surface area contributed by atoms with Gasteiger partial charge in [-0.1, -0.05) is 0 Å². The van der Waals surface area contributed by atoms with E-state index >= 15 is 0 Å². The van der Waals surface area contributed by atoms with Gasteiger partial charge in [0.25, 0.3) is 0 Å². The summed E-state index contributed by atoms with van der Waals surface area (Å²) in [6.45, 7) is 2.31. The predicted octanol–water partition coefficient (Wildman–Crippen LogP) is 1.35. The zero-order valence-corrected chi connectivity index (χ0v) is 8.61. The molecule has 2 rings (SSSR count). The molecule has 3 heteroatoms. The first-order chi connectivity index (χ1) is 6.74. The standard InChI is InChI=1S/C11H18O3/c1-2-14-11(13)9-4-3-8-7(9)5-6-10(8)12/h7-10,12H,2-6H2,1H3/t7-,8-,9?,10?/m0/s1. The molecule has 0 aromatic carbocycles. The van der Waals surface area contributed by atoms with Crippen LogP contribution in [-0.4, -0.2) is 23.8 Å². The fourth-order valence-electron chi connectivity index (χ4n) is 3.11. The monoisotopic (exact) mass is 198 g/mol. The van der Waals surface area contributed by atoms with E-state index < -0.39 is 0 Å². The fourth-order valence-corrected chi connectivity index (χ4v) is 3.11. The fraction of sp³-hybridized carbons (Fsp3) is 0.909. The maximum atomic E-state index is 11.6. The van der Waals surface area contributed by atoms with Crippen LogP contribution in [0.3, 0.4) is 0 Å². The van der Waals surface area contributed by atoms with Crippen LogP contribution >= 0.6 is 0 Å². The Morgan fingerprint density at radius 3 is 2.71 bits per heavy atom. The third-order valence-corrected chi connectivity index (χ3v) is 3.76. The smallest absolute Gasteiger partial charge is 0.309 e. The SMILES string of the molecule is CCOC(=O)C1CC[C@@H]2C(O)CC[C@H]12. The van der Waals surface area contributed by atoms with Crippen LogP contribution in [-0.2, 0) is 9.53 Å². The minimum atomic E-state index is -0.167. The van der Waals surface area contributed by atoms with Crippen LogP contribution in [0.4, 0.5) is 0 Å². The van der Waals surface area contributed by atoms with E-state index in [9.17, 15) is 9.90 Å². The molecule has 0 radical (unpaired) electrons. The van der Waals surface area contributed by atoms with Crippen LogP contribution in [0.15, 0.2) is 0 Å². The number of esters is 1. The second-order valence-corrected chi connectivity index (χ2v) is 4.41. The van der Waals surface area contributed by atoms with Gasteiger partial charge in [0.1, 0.15) is 0 Å². The average molecular weight is 198 g/mol. The molecule has 0 aliphatic heterocycles. The lowest BCUT2D eigenvalue weighted by atomic mass is 9.92. The van der Waals surface area contributed by atoms with Crippen molar-refractivity contribution in [3.8, 4) is 0 Å². The first-order valence-electron chi connectivity index (χ1n) is 5.58. The Labute approximate surface area is 84.4 Å². The number of hydrogen-bond acceptors (Lipinski definition) is 3. The van der Waals surface area contributed by atoms with Crippen LogP contribution in [0.25, 0.3) is 0 Å². The van der Waals surface area contributed by atoms with Crippen LogP contribution in [0, 0.1) is 17.8 Å². The molecular formula is C11H18O3. The molecule has 0 heterocycles. The molecule has 0 spiro atoms. The highest BCUT2D eigenvalue weighted by Crippen LogP contribution is 2.47. The van der Waals surface area contributed by atoms with Crippen molar-refractivity contribution < 1.29 is 14.6 Å². The van der Waals surface area contributed by atoms with E-state index in [0.717, 1.165) is 25.7 Å². The summed E-state index contributed by atoms with van der Waals surface area (Å²) in [6, 6.07) is 0. The van der Waals surface area contributed by atoms with E-state index in [1.807, 2.05) is 6.92 Å². The van der Waals surface area contributed by atoms with E-state index in [1.54, 1.807) is 0 Å². The molecule has 0 aromatic heterocycles. The maximum absolute atomic E-state index is 11.6. The van der Waals surface area contributed by atoms with Crippen LogP contribution in [0.5, 0.6) is 0 Å². The molecule has 2 unspecified atom stereocenters. The number of aliphatic hydroxyl groups is 1. The Balaban J connectivity index is 1.99. The van der Waals surface area contributed by atoms with E-state index in [0.29, 0.717) is 18.4 Å². The van der Waals surface area contributed by atoms with Gasteiger partial charge in [0.05, 0.1) is 18.6 Å². The first kappa shape index (κ1) is 9.97. The molecule has 2 fully saturated rings. The molecule has 0 aromatic rings. The van der Waals surface area contributed by atoms with Crippen molar-refractivity contribution in [1.82, 2.24) is 0 Å². The molecule has 0 saturated heterocycles. The van der Waals surface area contributed by atoms with Crippen molar-refractivity contribution in [3.63, 3.8) is 0 Å². The molecule has 2 aliphatic rings. The zero-order valence-electron chi connectivity index (χ0n) is 8.61. The highest BCUT2D eigenvalue weighted by Gasteiger charge is 2.47. The summed E-state index contributed by atoms with van der Waals surface area (Å²) in [7, 11) is 0. The summed E-state index contributed by atoms with van der Waals surface area (Å²) in [5.41, 5.74) is 0. The summed E-state index contributed by atoms with van der Waals surface area (Å²) in [5, 5.41) is 9.68. The Morgan fingerprint density at radius 2 is 2.00 bits per heavy atom. The second-order valence-electron chi connectivity index (χ2n) is 4.41. The number of carbonyl (C=O) groups excluding carboxylic acids is 1. The molecule has 2 saturated carbocycles. The Kier molecular flexibility index (Phi) is 2.77. The van der Waals surface area contributed by atoms with Crippen molar-refractivity contribution in [3.05, 3.63) is 0 Å². The van der Waals surface area contributed by atoms with Gasteiger partial charge in [0.15, 0.2) is 0 Å². The summed E-state index contributed by atoms with van der Waals surface area (Å²) >= 11 is 0. The molecule has 0 bridgehead atoms. The second kappa shape index (κ2) is 3.89. The molecule has 80 valence electrons. The van der Waals surface area contributed by atoms with Gasteiger partial charge >= 0.3 is 5.97 Å². The van der Waals surface area contributed by atoms with Gasteiger partial charge in [-0.05, 0) is 44.4 Å². The highest BCUT2D eigenvalue weighted by molar-refractivity contribution is 5.73. The quantitative estimate of drug-likeness (QED) is 0.681. The summed E-state index contributed by atoms with van der Waals surface area (Å²) in [4.78, 5) is 11.6. The molecule has 14 heavy (non-hydrogen) atoms. The van der Waals surface area contributed by atoms with E-state index in [2.05, 4.69) is 0 Å². The number of fused-ring (bicyclic) bond motifs is 1. The third kappa shape index (κ3) is 1.54. The lowest BCUT2D eigenvalue weighted by Crippen LogP contribution is -2.23. The van der Waals surface area contributed by atoms with Gasteiger partial charge in [0, 0.05) is 0 Å². The minimum Gasteiger partial charge on any atom is -0.466 e. The van der Waals surface area contributed by atoms with Crippen molar-refractivity contribution in [2.24, 2.45) is 17.8 Å². The number of aliphatic hydroxyl groups excluding tert-OH is 1. The molecule has 3 nitrogen and oxygen atoms in total. The average Bonchev–Trinajstić information content (AvgIpc) is 2.69. The first-order valence-corrected chi connectivity index (χ1v) is 5.58. The summed E-state index contributed by atoms with van der Waals surface area (Å²) < 4.78 is 5.05. The summed E-state index contributed by atoms with van der Waals surface area (Å²) in [6.07, 6.45) is 3.60. The number of carbonyl (C=O) groups is 1. The van der Waals surface area contributed by atoms with Crippen LogP contribution in [0.2, 0.25) is 0 Å². The van der Waals surface area contributed by atoms with Crippen molar-refractivity contribution >= 4 is 5.97 Å². The maximum Gasteiger partial charge on any atom is 0.309 e. The number of hydrogen-bond donors (Lipinski definition) is 1. The summed E-state index contributed by atoms with van der Waals surface area (Å²) in [5.74, 6) is 0.777. The molecule has 1 N–H and O–H groups in total. The highest BCUT2D eigenvalue weighted by atomic mass is 16.5. The van der Waals surface area contributed by atoms with Gasteiger partial charge < -0.3 is 9.84 Å². The Hall–Kier alpha value is -0.570. The van der Waals surface area contributed by atoms with Crippen molar-refractivity contribution in [2.45, 2.75) is 38.7 Å². The zero-order chi connectivity index (χ0) is 10.1. The number of rotatable bonds is 2. The van der Waals surface area contributed by atoms with Crippen molar-refractivity contribution in [1.29, 1.82) is 0 Å². The van der Waals surface area contributed by atoms with Gasteiger partial charge in [0.2, 0.25) is 0 Å². The lowest BCUT2D eigenvalue weighted by molar-refractivity contribution is -0.149. The Morgan fingerprint density at radius 1 is 1.29 bits per heavy atom. The van der Waals surface area contributed by atoms with E-state index in [4.69, 9.17) is 4.74 Å². The molecule has 4 atom stereocenters.